The molecule has 0 heterocycles. The first-order valence-electron chi connectivity index (χ1n) is 5.56. The summed E-state index contributed by atoms with van der Waals surface area (Å²) >= 11 is 0. The molecular formula is C12H19N3O. The summed E-state index contributed by atoms with van der Waals surface area (Å²) < 4.78 is 5.47. The van der Waals surface area contributed by atoms with E-state index in [9.17, 15) is 0 Å². The van der Waals surface area contributed by atoms with Crippen molar-refractivity contribution >= 4 is 11.6 Å². The number of guanidine groups is 1. The molecular weight excluding hydrogens is 202 g/mol. The first-order chi connectivity index (χ1) is 7.76. The second kappa shape index (κ2) is 6.71. The van der Waals surface area contributed by atoms with Crippen molar-refractivity contribution in [2.24, 2.45) is 10.7 Å². The number of nitrogens with zero attached hydrogens (tertiary/aromatic N) is 1. The van der Waals surface area contributed by atoms with Crippen LogP contribution in [0.5, 0.6) is 5.75 Å². The Bertz CT molecular complexity index is 333. The molecule has 1 rings (SSSR count). The van der Waals surface area contributed by atoms with Crippen LogP contribution < -0.4 is 15.8 Å². The molecule has 88 valence electrons. The molecule has 0 bridgehead atoms. The largest absolute Gasteiger partial charge is 0.494 e. The highest BCUT2D eigenvalue weighted by molar-refractivity contribution is 5.92. The molecule has 1 aromatic carbocycles. The summed E-state index contributed by atoms with van der Waals surface area (Å²) in [6, 6.07) is 7.67. The number of hydrogen-bond donors (Lipinski definition) is 2. The smallest absolute Gasteiger partial charge is 0.193 e. The lowest BCUT2D eigenvalue weighted by atomic mass is 10.3. The molecule has 0 atom stereocenters. The molecule has 3 N–H and O–H groups in total. The molecule has 16 heavy (non-hydrogen) atoms. The van der Waals surface area contributed by atoms with Crippen LogP contribution in [0.4, 0.5) is 5.69 Å². The zero-order valence-corrected chi connectivity index (χ0v) is 9.86. The summed E-state index contributed by atoms with van der Waals surface area (Å²) in [6.45, 7) is 5.44. The fourth-order valence-corrected chi connectivity index (χ4v) is 1.21. The summed E-state index contributed by atoms with van der Waals surface area (Å²) in [6.07, 6.45) is 1.01. The van der Waals surface area contributed by atoms with Crippen molar-refractivity contribution < 1.29 is 4.74 Å². The zero-order valence-electron chi connectivity index (χ0n) is 9.86. The molecule has 1 aromatic rings. The molecule has 0 unspecified atom stereocenters. The van der Waals surface area contributed by atoms with Gasteiger partial charge in [-0.2, -0.15) is 0 Å². The van der Waals surface area contributed by atoms with E-state index in [2.05, 4.69) is 17.2 Å². The van der Waals surface area contributed by atoms with E-state index >= 15 is 0 Å². The molecule has 4 heteroatoms. The minimum Gasteiger partial charge on any atom is -0.494 e. The molecule has 0 aliphatic heterocycles. The predicted octanol–water partition coefficient (Wildman–Crippen LogP) is 2.22. The SMILES string of the molecule is CCCOc1ccc(NC(N)=NCC)cc1. The van der Waals surface area contributed by atoms with Crippen LogP contribution in [-0.2, 0) is 0 Å². The van der Waals surface area contributed by atoms with Crippen LogP contribution in [0, 0.1) is 0 Å². The Morgan fingerprint density at radius 3 is 2.56 bits per heavy atom. The number of rotatable bonds is 5. The summed E-state index contributed by atoms with van der Waals surface area (Å²) in [7, 11) is 0. The van der Waals surface area contributed by atoms with Gasteiger partial charge in [0, 0.05) is 12.2 Å². The molecule has 0 radical (unpaired) electrons. The molecule has 0 spiro atoms. The predicted molar refractivity (Wildman–Crippen MR) is 68.0 cm³/mol. The van der Waals surface area contributed by atoms with Gasteiger partial charge in [-0.25, -0.2) is 0 Å². The Labute approximate surface area is 96.5 Å². The third-order valence-corrected chi connectivity index (χ3v) is 1.93. The van der Waals surface area contributed by atoms with Crippen LogP contribution in [-0.4, -0.2) is 19.1 Å². The van der Waals surface area contributed by atoms with Gasteiger partial charge in [0.1, 0.15) is 5.75 Å². The summed E-state index contributed by atoms with van der Waals surface area (Å²) in [5, 5.41) is 3.00. The first-order valence-corrected chi connectivity index (χ1v) is 5.56. The van der Waals surface area contributed by atoms with Gasteiger partial charge in [-0.1, -0.05) is 6.92 Å². The van der Waals surface area contributed by atoms with Gasteiger partial charge < -0.3 is 15.8 Å². The van der Waals surface area contributed by atoms with Crippen molar-refractivity contribution in [3.05, 3.63) is 24.3 Å². The average Bonchev–Trinajstić information content (AvgIpc) is 2.28. The third kappa shape index (κ3) is 4.21. The zero-order chi connectivity index (χ0) is 11.8. The fraction of sp³-hybridized carbons (Fsp3) is 0.417. The van der Waals surface area contributed by atoms with E-state index in [1.54, 1.807) is 0 Å². The fourth-order valence-electron chi connectivity index (χ4n) is 1.21. The molecule has 0 saturated heterocycles. The Balaban J connectivity index is 2.54. The van der Waals surface area contributed by atoms with Gasteiger partial charge in [-0.15, -0.1) is 0 Å². The van der Waals surface area contributed by atoms with Crippen molar-refractivity contribution in [1.82, 2.24) is 0 Å². The van der Waals surface area contributed by atoms with Gasteiger partial charge in [-0.3, -0.25) is 4.99 Å². The van der Waals surface area contributed by atoms with Crippen molar-refractivity contribution in [2.45, 2.75) is 20.3 Å². The topological polar surface area (TPSA) is 59.6 Å². The van der Waals surface area contributed by atoms with Gasteiger partial charge in [0.15, 0.2) is 5.96 Å². The monoisotopic (exact) mass is 221 g/mol. The van der Waals surface area contributed by atoms with E-state index in [1.807, 2.05) is 31.2 Å². The lowest BCUT2D eigenvalue weighted by molar-refractivity contribution is 0.317. The Kier molecular flexibility index (Phi) is 5.19. The van der Waals surface area contributed by atoms with Gasteiger partial charge in [0.05, 0.1) is 6.61 Å². The standard InChI is InChI=1S/C12H19N3O/c1-3-9-16-11-7-5-10(6-8-11)15-12(13)14-4-2/h5-8H,3-4,9H2,1-2H3,(H3,13,14,15). The second-order valence-corrected chi connectivity index (χ2v) is 3.36. The molecule has 0 aromatic heterocycles. The minimum absolute atomic E-state index is 0.435. The minimum atomic E-state index is 0.435. The summed E-state index contributed by atoms with van der Waals surface area (Å²) in [4.78, 5) is 4.04. The van der Waals surface area contributed by atoms with Crippen LogP contribution in [0.25, 0.3) is 0 Å². The number of nitrogens with two attached hydrogens (primary N) is 1. The van der Waals surface area contributed by atoms with E-state index < -0.39 is 0 Å². The Morgan fingerprint density at radius 2 is 2.00 bits per heavy atom. The molecule has 0 fully saturated rings. The van der Waals surface area contributed by atoms with E-state index in [0.29, 0.717) is 12.5 Å². The number of ether oxygens (including phenoxy) is 1. The van der Waals surface area contributed by atoms with Crippen LogP contribution >= 0.6 is 0 Å². The second-order valence-electron chi connectivity index (χ2n) is 3.36. The van der Waals surface area contributed by atoms with Gasteiger partial charge in [0.2, 0.25) is 0 Å². The van der Waals surface area contributed by atoms with E-state index in [0.717, 1.165) is 24.5 Å². The quantitative estimate of drug-likeness (QED) is 0.592. The molecule has 0 saturated carbocycles. The Morgan fingerprint density at radius 1 is 1.31 bits per heavy atom. The highest BCUT2D eigenvalue weighted by Gasteiger charge is 1.96. The molecule has 0 aliphatic carbocycles. The number of nitrogens with one attached hydrogen (secondary N) is 1. The van der Waals surface area contributed by atoms with Crippen molar-refractivity contribution in [2.75, 3.05) is 18.5 Å². The first kappa shape index (κ1) is 12.4. The third-order valence-electron chi connectivity index (χ3n) is 1.93. The number of hydrogen-bond acceptors (Lipinski definition) is 2. The lowest BCUT2D eigenvalue weighted by Crippen LogP contribution is -2.22. The lowest BCUT2D eigenvalue weighted by Gasteiger charge is -2.07. The van der Waals surface area contributed by atoms with Crippen LogP contribution in [0.3, 0.4) is 0 Å². The van der Waals surface area contributed by atoms with Gasteiger partial charge in [-0.05, 0) is 37.6 Å². The van der Waals surface area contributed by atoms with Crippen LogP contribution in [0.15, 0.2) is 29.3 Å². The van der Waals surface area contributed by atoms with Crippen LogP contribution in [0.1, 0.15) is 20.3 Å². The van der Waals surface area contributed by atoms with Crippen molar-refractivity contribution in [1.29, 1.82) is 0 Å². The van der Waals surface area contributed by atoms with Crippen molar-refractivity contribution in [3.63, 3.8) is 0 Å². The maximum absolute atomic E-state index is 5.64. The normalized spacial score (nSPS) is 11.2. The number of benzene rings is 1. The van der Waals surface area contributed by atoms with Crippen molar-refractivity contribution in [3.8, 4) is 5.75 Å². The van der Waals surface area contributed by atoms with E-state index in [4.69, 9.17) is 10.5 Å². The van der Waals surface area contributed by atoms with Crippen LogP contribution in [0.2, 0.25) is 0 Å². The van der Waals surface area contributed by atoms with Gasteiger partial charge >= 0.3 is 0 Å². The maximum Gasteiger partial charge on any atom is 0.193 e. The summed E-state index contributed by atoms with van der Waals surface area (Å²) in [5.41, 5.74) is 6.56. The highest BCUT2D eigenvalue weighted by Crippen LogP contribution is 2.15. The molecule has 4 nitrogen and oxygen atoms in total. The van der Waals surface area contributed by atoms with E-state index in [1.165, 1.54) is 0 Å². The molecule has 0 aliphatic rings. The molecule has 0 amide bonds. The summed E-state index contributed by atoms with van der Waals surface area (Å²) in [5.74, 6) is 1.31. The van der Waals surface area contributed by atoms with E-state index in [-0.39, 0.29) is 0 Å². The maximum atomic E-state index is 5.64. The highest BCUT2D eigenvalue weighted by atomic mass is 16.5. The average molecular weight is 221 g/mol. The Hall–Kier alpha value is -1.71. The number of anilines is 1. The van der Waals surface area contributed by atoms with Gasteiger partial charge in [0.25, 0.3) is 0 Å². The number of aliphatic imine (C=N–C) groups is 1.